The van der Waals surface area contributed by atoms with Gasteiger partial charge in [-0.1, -0.05) is 104 Å². The van der Waals surface area contributed by atoms with Crippen molar-refractivity contribution >= 4 is 27.5 Å². The maximum absolute atomic E-state index is 14.9. The molecule has 1 aliphatic carbocycles. The van der Waals surface area contributed by atoms with Gasteiger partial charge in [0.1, 0.15) is 18.3 Å². The van der Waals surface area contributed by atoms with Gasteiger partial charge in [-0.05, 0) is 74.6 Å². The molecule has 4 aromatic carbocycles. The van der Waals surface area contributed by atoms with E-state index in [-0.39, 0.29) is 35.5 Å². The van der Waals surface area contributed by atoms with Crippen molar-refractivity contribution < 1.29 is 22.7 Å². The Hall–Kier alpha value is -4.63. The number of para-hydroxylation sites is 2. The first-order chi connectivity index (χ1) is 23.7. The molecule has 0 saturated heterocycles. The van der Waals surface area contributed by atoms with Crippen LogP contribution in [0.15, 0.2) is 108 Å². The number of hydrogen-bond acceptors (Lipinski definition) is 5. The average Bonchev–Trinajstić information content (AvgIpc) is 3.11. The lowest BCUT2D eigenvalue weighted by Gasteiger charge is -2.35. The number of ether oxygens (including phenoxy) is 1. The number of carbonyl (C=O) groups is 2. The molecule has 0 spiro atoms. The van der Waals surface area contributed by atoms with E-state index in [1.807, 2.05) is 75.4 Å². The highest BCUT2D eigenvalue weighted by molar-refractivity contribution is 7.92. The van der Waals surface area contributed by atoms with E-state index < -0.39 is 28.5 Å². The van der Waals surface area contributed by atoms with Gasteiger partial charge in [0.05, 0.1) is 17.2 Å². The van der Waals surface area contributed by atoms with E-state index in [4.69, 9.17) is 4.74 Å². The van der Waals surface area contributed by atoms with Crippen LogP contribution >= 0.6 is 0 Å². The molecule has 258 valence electrons. The van der Waals surface area contributed by atoms with Gasteiger partial charge in [-0.25, -0.2) is 8.42 Å². The summed E-state index contributed by atoms with van der Waals surface area (Å²) in [6.07, 6.45) is 5.30. The Labute approximate surface area is 291 Å². The van der Waals surface area contributed by atoms with Crippen molar-refractivity contribution in [2.45, 2.75) is 82.8 Å². The van der Waals surface area contributed by atoms with Crippen LogP contribution < -0.4 is 14.4 Å². The second-order valence-electron chi connectivity index (χ2n) is 12.7. The Morgan fingerprint density at radius 3 is 2.18 bits per heavy atom. The summed E-state index contributed by atoms with van der Waals surface area (Å²) >= 11 is 0. The van der Waals surface area contributed by atoms with E-state index >= 15 is 0 Å². The topological polar surface area (TPSA) is 96.0 Å². The molecule has 9 heteroatoms. The second-order valence-corrected chi connectivity index (χ2v) is 14.6. The van der Waals surface area contributed by atoms with Gasteiger partial charge < -0.3 is 15.0 Å². The molecule has 0 aromatic heterocycles. The third-order valence-electron chi connectivity index (χ3n) is 9.15. The van der Waals surface area contributed by atoms with E-state index in [9.17, 15) is 18.0 Å². The van der Waals surface area contributed by atoms with Crippen LogP contribution in [0.5, 0.6) is 5.75 Å². The molecule has 1 N–H and O–H groups in total. The first kappa shape index (κ1) is 35.7. The molecule has 5 rings (SSSR count). The molecule has 0 radical (unpaired) electrons. The van der Waals surface area contributed by atoms with Crippen LogP contribution in [-0.4, -0.2) is 50.4 Å². The van der Waals surface area contributed by atoms with Gasteiger partial charge in [0, 0.05) is 19.0 Å². The first-order valence-electron chi connectivity index (χ1n) is 17.2. The molecule has 4 aromatic rings. The monoisotopic (exact) mass is 681 g/mol. The van der Waals surface area contributed by atoms with E-state index in [0.29, 0.717) is 12.4 Å². The molecule has 0 unspecified atom stereocenters. The van der Waals surface area contributed by atoms with Gasteiger partial charge in [-0.3, -0.25) is 13.9 Å². The summed E-state index contributed by atoms with van der Waals surface area (Å²) in [7, 11) is -4.24. The maximum Gasteiger partial charge on any atom is 0.264 e. The molecule has 1 saturated carbocycles. The van der Waals surface area contributed by atoms with Crippen LogP contribution in [0, 0.1) is 13.8 Å². The molecular formula is C40H47N3O5S. The lowest BCUT2D eigenvalue weighted by atomic mass is 9.94. The smallest absolute Gasteiger partial charge is 0.264 e. The first-order valence-corrected chi connectivity index (χ1v) is 18.6. The molecule has 0 bridgehead atoms. The van der Waals surface area contributed by atoms with E-state index in [1.165, 1.54) is 0 Å². The number of anilines is 1. The Morgan fingerprint density at radius 1 is 0.837 bits per heavy atom. The quantitative estimate of drug-likeness (QED) is 0.155. The minimum atomic E-state index is -4.24. The summed E-state index contributed by atoms with van der Waals surface area (Å²) in [6.45, 7) is 5.59. The van der Waals surface area contributed by atoms with Gasteiger partial charge in [0.25, 0.3) is 10.0 Å². The lowest BCUT2D eigenvalue weighted by Crippen LogP contribution is -2.55. The fourth-order valence-corrected chi connectivity index (χ4v) is 7.79. The fourth-order valence-electron chi connectivity index (χ4n) is 6.36. The SMILES string of the molecule is CCOc1ccccc1N(CC(=O)N(Cc1ccccc1C)[C@@H](Cc1ccccc1)C(=O)NC1CCCCC1)S(=O)(=O)c1ccc(C)cc1. The largest absolute Gasteiger partial charge is 0.492 e. The number of sulfonamides is 1. The zero-order valence-electron chi connectivity index (χ0n) is 28.7. The van der Waals surface area contributed by atoms with Gasteiger partial charge in [0.15, 0.2) is 0 Å². The summed E-state index contributed by atoms with van der Waals surface area (Å²) in [6, 6.07) is 29.9. The van der Waals surface area contributed by atoms with Crippen LogP contribution in [0.2, 0.25) is 0 Å². The Morgan fingerprint density at radius 2 is 1.49 bits per heavy atom. The lowest BCUT2D eigenvalue weighted by molar-refractivity contribution is -0.140. The molecular weight excluding hydrogens is 635 g/mol. The van der Waals surface area contributed by atoms with E-state index in [2.05, 4.69) is 5.32 Å². The van der Waals surface area contributed by atoms with E-state index in [1.54, 1.807) is 53.4 Å². The van der Waals surface area contributed by atoms with Crippen molar-refractivity contribution in [1.29, 1.82) is 0 Å². The summed E-state index contributed by atoms with van der Waals surface area (Å²) in [5.74, 6) is -0.389. The Kier molecular flexibility index (Phi) is 12.1. The molecule has 1 aliphatic rings. The van der Waals surface area contributed by atoms with Crippen LogP contribution in [0.1, 0.15) is 61.3 Å². The van der Waals surface area contributed by atoms with Crippen LogP contribution in [-0.2, 0) is 32.6 Å². The number of hydrogen-bond donors (Lipinski definition) is 1. The number of nitrogens with one attached hydrogen (secondary N) is 1. The predicted octanol–water partition coefficient (Wildman–Crippen LogP) is 6.99. The number of carbonyl (C=O) groups excluding carboxylic acids is 2. The molecule has 1 fully saturated rings. The maximum atomic E-state index is 14.9. The van der Waals surface area contributed by atoms with Crippen molar-refractivity contribution in [3.8, 4) is 5.75 Å². The number of amides is 2. The van der Waals surface area contributed by atoms with Crippen molar-refractivity contribution in [3.63, 3.8) is 0 Å². The third kappa shape index (κ3) is 9.09. The van der Waals surface area contributed by atoms with E-state index in [0.717, 1.165) is 58.7 Å². The second kappa shape index (κ2) is 16.7. The average molecular weight is 682 g/mol. The van der Waals surface area contributed by atoms with Crippen molar-refractivity contribution in [2.24, 2.45) is 0 Å². The van der Waals surface area contributed by atoms with Gasteiger partial charge in [-0.2, -0.15) is 0 Å². The summed E-state index contributed by atoms with van der Waals surface area (Å²) in [5, 5.41) is 3.26. The summed E-state index contributed by atoms with van der Waals surface area (Å²) < 4.78 is 35.9. The molecule has 0 aliphatic heterocycles. The van der Waals surface area contributed by atoms with Crippen LogP contribution in [0.3, 0.4) is 0 Å². The number of aryl methyl sites for hydroxylation is 2. The highest BCUT2D eigenvalue weighted by Gasteiger charge is 2.36. The van der Waals surface area contributed by atoms with Gasteiger partial charge in [0.2, 0.25) is 11.8 Å². The fraction of sp³-hybridized carbons (Fsp3) is 0.350. The molecule has 2 amide bonds. The highest BCUT2D eigenvalue weighted by atomic mass is 32.2. The zero-order chi connectivity index (χ0) is 34.8. The number of rotatable bonds is 14. The van der Waals surface area contributed by atoms with Crippen molar-refractivity contribution in [1.82, 2.24) is 10.2 Å². The predicted molar refractivity (Wildman–Crippen MR) is 194 cm³/mol. The minimum absolute atomic E-state index is 0.0337. The summed E-state index contributed by atoms with van der Waals surface area (Å²) in [4.78, 5) is 30.8. The third-order valence-corrected chi connectivity index (χ3v) is 10.9. The molecule has 49 heavy (non-hydrogen) atoms. The Bertz CT molecular complexity index is 1810. The van der Waals surface area contributed by atoms with Crippen molar-refractivity contribution in [2.75, 3.05) is 17.5 Å². The standard InChI is InChI=1S/C40H47N3O5S/c1-4-48-38-22-14-13-21-36(38)43(49(46,47)35-25-23-30(2)24-26-35)29-39(44)42(28-33-18-12-11-15-31(33)3)37(27-32-16-7-5-8-17-32)40(45)41-34-19-9-6-10-20-34/h5,7-8,11-18,21-26,34,37H,4,6,9-10,19-20,27-29H2,1-3H3,(H,41,45)/t37-/m0/s1. The summed E-state index contributed by atoms with van der Waals surface area (Å²) in [5.41, 5.74) is 3.91. The molecule has 0 heterocycles. The molecule has 1 atom stereocenters. The van der Waals surface area contributed by atoms with Crippen LogP contribution in [0.4, 0.5) is 5.69 Å². The van der Waals surface area contributed by atoms with Gasteiger partial charge >= 0.3 is 0 Å². The Balaban J connectivity index is 1.60. The van der Waals surface area contributed by atoms with Crippen molar-refractivity contribution in [3.05, 3.63) is 125 Å². The minimum Gasteiger partial charge on any atom is -0.492 e. The number of nitrogens with zero attached hydrogens (tertiary/aromatic N) is 2. The number of benzene rings is 4. The highest BCUT2D eigenvalue weighted by Crippen LogP contribution is 2.33. The molecule has 8 nitrogen and oxygen atoms in total. The zero-order valence-corrected chi connectivity index (χ0v) is 29.5. The van der Waals surface area contributed by atoms with Gasteiger partial charge in [-0.15, -0.1) is 0 Å². The normalized spacial score (nSPS) is 14.1. The van der Waals surface area contributed by atoms with Crippen LogP contribution in [0.25, 0.3) is 0 Å².